The number of halogens is 1. The minimum atomic E-state index is -3.20. The van der Waals surface area contributed by atoms with E-state index in [0.29, 0.717) is 19.0 Å². The Labute approximate surface area is 102 Å². The van der Waals surface area contributed by atoms with E-state index in [1.165, 1.54) is 0 Å². The largest absolute Gasteiger partial charge is 0.377 e. The molecule has 0 bridgehead atoms. The summed E-state index contributed by atoms with van der Waals surface area (Å²) in [5.74, 6) is 0.626. The SMILES string of the molecule is O=S(=O)(CC1CCCO1)NCC1(CCl)CC1. The van der Waals surface area contributed by atoms with Crippen molar-refractivity contribution in [3.05, 3.63) is 0 Å². The van der Waals surface area contributed by atoms with Crippen molar-refractivity contribution in [1.82, 2.24) is 4.72 Å². The van der Waals surface area contributed by atoms with Gasteiger partial charge in [0.2, 0.25) is 10.0 Å². The van der Waals surface area contributed by atoms with E-state index >= 15 is 0 Å². The molecule has 0 spiro atoms. The molecule has 2 rings (SSSR count). The fourth-order valence-corrected chi connectivity index (χ4v) is 3.63. The van der Waals surface area contributed by atoms with E-state index in [2.05, 4.69) is 4.72 Å². The van der Waals surface area contributed by atoms with E-state index in [4.69, 9.17) is 16.3 Å². The lowest BCUT2D eigenvalue weighted by Gasteiger charge is -2.14. The van der Waals surface area contributed by atoms with Crippen molar-refractivity contribution < 1.29 is 13.2 Å². The molecule has 2 aliphatic rings. The Morgan fingerprint density at radius 3 is 2.69 bits per heavy atom. The second-order valence-corrected chi connectivity index (χ2v) is 6.99. The number of nitrogens with one attached hydrogen (secondary N) is 1. The van der Waals surface area contributed by atoms with Gasteiger partial charge in [0.1, 0.15) is 0 Å². The molecule has 0 aromatic carbocycles. The molecular formula is C10H18ClNO3S. The van der Waals surface area contributed by atoms with E-state index in [1.807, 2.05) is 0 Å². The number of hydrogen-bond acceptors (Lipinski definition) is 3. The van der Waals surface area contributed by atoms with E-state index in [1.54, 1.807) is 0 Å². The Bertz CT molecular complexity index is 334. The van der Waals surface area contributed by atoms with Gasteiger partial charge in [-0.25, -0.2) is 13.1 Å². The highest BCUT2D eigenvalue weighted by molar-refractivity contribution is 7.89. The van der Waals surface area contributed by atoms with Gasteiger partial charge in [-0.1, -0.05) is 0 Å². The molecule has 1 aliphatic heterocycles. The van der Waals surface area contributed by atoms with Crippen LogP contribution in [0.3, 0.4) is 0 Å². The van der Waals surface area contributed by atoms with Gasteiger partial charge < -0.3 is 4.74 Å². The van der Waals surface area contributed by atoms with E-state index < -0.39 is 10.0 Å². The molecule has 6 heteroatoms. The number of sulfonamides is 1. The molecular weight excluding hydrogens is 250 g/mol. The van der Waals surface area contributed by atoms with Crippen LogP contribution in [0, 0.1) is 5.41 Å². The smallest absolute Gasteiger partial charge is 0.214 e. The van der Waals surface area contributed by atoms with Crippen LogP contribution in [0.5, 0.6) is 0 Å². The highest BCUT2D eigenvalue weighted by atomic mass is 35.5. The maximum atomic E-state index is 11.7. The molecule has 16 heavy (non-hydrogen) atoms. The predicted octanol–water partition coefficient (Wildman–Crippen LogP) is 1.10. The molecule has 1 N–H and O–H groups in total. The maximum Gasteiger partial charge on any atom is 0.214 e. The topological polar surface area (TPSA) is 55.4 Å². The van der Waals surface area contributed by atoms with Crippen LogP contribution in [-0.4, -0.2) is 39.3 Å². The molecule has 1 aliphatic carbocycles. The summed E-state index contributed by atoms with van der Waals surface area (Å²) in [6.45, 7) is 1.16. The Kier molecular flexibility index (Phi) is 3.79. The zero-order valence-electron chi connectivity index (χ0n) is 9.25. The fraction of sp³-hybridized carbons (Fsp3) is 1.00. The van der Waals surface area contributed by atoms with Gasteiger partial charge in [-0.15, -0.1) is 11.6 Å². The van der Waals surface area contributed by atoms with E-state index in [-0.39, 0.29) is 17.3 Å². The fourth-order valence-electron chi connectivity index (χ4n) is 1.88. The van der Waals surface area contributed by atoms with Crippen molar-refractivity contribution in [1.29, 1.82) is 0 Å². The van der Waals surface area contributed by atoms with Gasteiger partial charge in [-0.2, -0.15) is 0 Å². The maximum absolute atomic E-state index is 11.7. The van der Waals surface area contributed by atoms with Gasteiger partial charge in [0.05, 0.1) is 11.9 Å². The molecule has 1 saturated carbocycles. The molecule has 0 radical (unpaired) electrons. The first kappa shape index (κ1) is 12.6. The second kappa shape index (κ2) is 4.80. The normalized spacial score (nSPS) is 28.2. The van der Waals surface area contributed by atoms with Crippen LogP contribution in [0.4, 0.5) is 0 Å². The molecule has 0 aromatic rings. The van der Waals surface area contributed by atoms with Gasteiger partial charge in [0.15, 0.2) is 0 Å². The standard InChI is InChI=1S/C10H18ClNO3S/c11-7-10(3-4-10)8-12-16(13,14)6-9-2-1-5-15-9/h9,12H,1-8H2. The Hall–Kier alpha value is 0.160. The quantitative estimate of drug-likeness (QED) is 0.734. The monoisotopic (exact) mass is 267 g/mol. The third-order valence-corrected chi connectivity index (χ3v) is 5.30. The number of hydrogen-bond donors (Lipinski definition) is 1. The summed E-state index contributed by atoms with van der Waals surface area (Å²) in [6, 6.07) is 0. The molecule has 1 atom stereocenters. The Morgan fingerprint density at radius 1 is 1.44 bits per heavy atom. The molecule has 4 nitrogen and oxygen atoms in total. The summed E-state index contributed by atoms with van der Waals surface area (Å²) in [6.07, 6.45) is 3.74. The van der Waals surface area contributed by atoms with Crippen molar-refractivity contribution in [2.24, 2.45) is 5.41 Å². The van der Waals surface area contributed by atoms with E-state index in [9.17, 15) is 8.42 Å². The van der Waals surface area contributed by atoms with Gasteiger partial charge in [-0.05, 0) is 31.1 Å². The van der Waals surface area contributed by atoms with Gasteiger partial charge in [0, 0.05) is 19.0 Å². The zero-order valence-corrected chi connectivity index (χ0v) is 10.8. The lowest BCUT2D eigenvalue weighted by atomic mass is 10.1. The van der Waals surface area contributed by atoms with Crippen LogP contribution in [0.1, 0.15) is 25.7 Å². The minimum Gasteiger partial charge on any atom is -0.377 e. The molecule has 0 amide bonds. The lowest BCUT2D eigenvalue weighted by molar-refractivity contribution is 0.127. The van der Waals surface area contributed by atoms with Crippen LogP contribution in [-0.2, 0) is 14.8 Å². The van der Waals surface area contributed by atoms with Crippen LogP contribution < -0.4 is 4.72 Å². The van der Waals surface area contributed by atoms with Crippen LogP contribution >= 0.6 is 11.6 Å². The van der Waals surface area contributed by atoms with Crippen molar-refractivity contribution in [2.45, 2.75) is 31.8 Å². The number of alkyl halides is 1. The molecule has 1 heterocycles. The van der Waals surface area contributed by atoms with Crippen molar-refractivity contribution in [3.63, 3.8) is 0 Å². The summed E-state index contributed by atoms with van der Waals surface area (Å²) in [5, 5.41) is 0. The summed E-state index contributed by atoms with van der Waals surface area (Å²) in [4.78, 5) is 0. The summed E-state index contributed by atoms with van der Waals surface area (Å²) in [5.41, 5.74) is 0.0329. The molecule has 1 unspecified atom stereocenters. The molecule has 1 saturated heterocycles. The minimum absolute atomic E-state index is 0.0329. The number of ether oxygens (including phenoxy) is 1. The zero-order chi connectivity index (χ0) is 11.6. The molecule has 94 valence electrons. The summed E-state index contributed by atoms with van der Waals surface area (Å²) in [7, 11) is -3.20. The van der Waals surface area contributed by atoms with Crippen molar-refractivity contribution in [2.75, 3.05) is 24.8 Å². The van der Waals surface area contributed by atoms with E-state index in [0.717, 1.165) is 25.7 Å². The van der Waals surface area contributed by atoms with Gasteiger partial charge >= 0.3 is 0 Å². The average Bonchev–Trinajstić information content (AvgIpc) is 2.87. The Morgan fingerprint density at radius 2 is 2.19 bits per heavy atom. The third kappa shape index (κ3) is 3.32. The lowest BCUT2D eigenvalue weighted by Crippen LogP contribution is -2.36. The summed E-state index contributed by atoms with van der Waals surface area (Å²) < 4.78 is 31.5. The van der Waals surface area contributed by atoms with Crippen LogP contribution in [0.15, 0.2) is 0 Å². The van der Waals surface area contributed by atoms with Gasteiger partial charge in [0.25, 0.3) is 0 Å². The predicted molar refractivity (Wildman–Crippen MR) is 63.2 cm³/mol. The number of rotatable bonds is 6. The highest BCUT2D eigenvalue weighted by Crippen LogP contribution is 2.45. The van der Waals surface area contributed by atoms with Crippen molar-refractivity contribution in [3.8, 4) is 0 Å². The van der Waals surface area contributed by atoms with Crippen molar-refractivity contribution >= 4 is 21.6 Å². The Balaban J connectivity index is 1.78. The molecule has 2 fully saturated rings. The average molecular weight is 268 g/mol. The first-order valence-corrected chi connectivity index (χ1v) is 7.89. The van der Waals surface area contributed by atoms with Crippen LogP contribution in [0.25, 0.3) is 0 Å². The third-order valence-electron chi connectivity index (χ3n) is 3.34. The van der Waals surface area contributed by atoms with Gasteiger partial charge in [-0.3, -0.25) is 0 Å². The first-order valence-electron chi connectivity index (χ1n) is 5.70. The highest BCUT2D eigenvalue weighted by Gasteiger charge is 2.42. The first-order chi connectivity index (χ1) is 7.55. The second-order valence-electron chi connectivity index (χ2n) is 4.87. The molecule has 0 aromatic heterocycles. The van der Waals surface area contributed by atoms with Crippen LogP contribution in [0.2, 0.25) is 0 Å². The summed E-state index contributed by atoms with van der Waals surface area (Å²) >= 11 is 5.80.